The molecule has 0 aromatic carbocycles. The minimum absolute atomic E-state index is 0.380. The molecule has 8 heteroatoms. The van der Waals surface area contributed by atoms with Gasteiger partial charge in [0.1, 0.15) is 12.0 Å². The standard InChI is InChI=1S/C15H18N8/c1-10-6-11(2)23(20-10)12-7-22(8-12)15-16-5-4-13(19-15)14-17-9-18-21(14)3/h4-6,9,12H,7-8H2,1-3H3. The fourth-order valence-electron chi connectivity index (χ4n) is 2.94. The molecule has 118 valence electrons. The summed E-state index contributed by atoms with van der Waals surface area (Å²) >= 11 is 0. The second-order valence-electron chi connectivity index (χ2n) is 5.88. The summed E-state index contributed by atoms with van der Waals surface area (Å²) in [6.45, 7) is 5.84. The predicted molar refractivity (Wildman–Crippen MR) is 85.0 cm³/mol. The first-order chi connectivity index (χ1) is 11.1. The highest BCUT2D eigenvalue weighted by molar-refractivity contribution is 5.51. The lowest BCUT2D eigenvalue weighted by molar-refractivity contribution is 0.356. The van der Waals surface area contributed by atoms with E-state index < -0.39 is 0 Å². The van der Waals surface area contributed by atoms with Crippen LogP contribution in [0.25, 0.3) is 11.5 Å². The van der Waals surface area contributed by atoms with Crippen molar-refractivity contribution in [2.45, 2.75) is 19.9 Å². The second-order valence-corrected chi connectivity index (χ2v) is 5.88. The first kappa shape index (κ1) is 13.9. The molecule has 1 fully saturated rings. The third kappa shape index (κ3) is 2.36. The molecule has 0 atom stereocenters. The van der Waals surface area contributed by atoms with E-state index in [1.54, 1.807) is 10.9 Å². The van der Waals surface area contributed by atoms with Gasteiger partial charge in [-0.25, -0.2) is 19.6 Å². The number of rotatable bonds is 3. The monoisotopic (exact) mass is 310 g/mol. The van der Waals surface area contributed by atoms with E-state index in [9.17, 15) is 0 Å². The van der Waals surface area contributed by atoms with Gasteiger partial charge in [-0.05, 0) is 26.0 Å². The van der Waals surface area contributed by atoms with E-state index in [0.717, 1.165) is 36.3 Å². The van der Waals surface area contributed by atoms with Crippen LogP contribution >= 0.6 is 0 Å². The van der Waals surface area contributed by atoms with Gasteiger partial charge in [0.25, 0.3) is 0 Å². The van der Waals surface area contributed by atoms with Crippen molar-refractivity contribution >= 4 is 5.95 Å². The van der Waals surface area contributed by atoms with Crippen molar-refractivity contribution in [3.63, 3.8) is 0 Å². The summed E-state index contributed by atoms with van der Waals surface area (Å²) in [7, 11) is 1.85. The Morgan fingerprint density at radius 3 is 2.65 bits per heavy atom. The van der Waals surface area contributed by atoms with Gasteiger partial charge in [-0.2, -0.15) is 10.2 Å². The van der Waals surface area contributed by atoms with Crippen molar-refractivity contribution in [3.8, 4) is 11.5 Å². The Balaban J connectivity index is 1.53. The minimum atomic E-state index is 0.380. The summed E-state index contributed by atoms with van der Waals surface area (Å²) in [5, 5.41) is 8.64. The highest BCUT2D eigenvalue weighted by atomic mass is 15.4. The molecule has 0 radical (unpaired) electrons. The van der Waals surface area contributed by atoms with Crippen LogP contribution in [-0.2, 0) is 7.05 Å². The van der Waals surface area contributed by atoms with Gasteiger partial charge in [0.05, 0.1) is 11.7 Å². The van der Waals surface area contributed by atoms with Crippen LogP contribution in [0.3, 0.4) is 0 Å². The quantitative estimate of drug-likeness (QED) is 0.722. The van der Waals surface area contributed by atoms with E-state index >= 15 is 0 Å². The van der Waals surface area contributed by atoms with Gasteiger partial charge in [0, 0.05) is 32.0 Å². The summed E-state index contributed by atoms with van der Waals surface area (Å²) in [6.07, 6.45) is 3.29. The maximum absolute atomic E-state index is 4.62. The van der Waals surface area contributed by atoms with Gasteiger partial charge < -0.3 is 4.90 Å². The van der Waals surface area contributed by atoms with Crippen LogP contribution in [0.5, 0.6) is 0 Å². The Hall–Kier alpha value is -2.77. The van der Waals surface area contributed by atoms with Gasteiger partial charge >= 0.3 is 0 Å². The highest BCUT2D eigenvalue weighted by Gasteiger charge is 2.31. The fourth-order valence-corrected chi connectivity index (χ4v) is 2.94. The molecule has 8 nitrogen and oxygen atoms in total. The summed E-state index contributed by atoms with van der Waals surface area (Å²) in [6, 6.07) is 4.34. The van der Waals surface area contributed by atoms with Crippen molar-refractivity contribution < 1.29 is 0 Å². The number of nitrogens with zero attached hydrogens (tertiary/aromatic N) is 8. The molecule has 1 saturated heterocycles. The topological polar surface area (TPSA) is 77.5 Å². The van der Waals surface area contributed by atoms with Crippen molar-refractivity contribution in [2.24, 2.45) is 7.05 Å². The Morgan fingerprint density at radius 2 is 2.00 bits per heavy atom. The second kappa shape index (κ2) is 5.15. The van der Waals surface area contributed by atoms with E-state index in [-0.39, 0.29) is 0 Å². The molecular weight excluding hydrogens is 292 g/mol. The molecule has 0 aliphatic carbocycles. The Kier molecular flexibility index (Phi) is 3.10. The maximum Gasteiger partial charge on any atom is 0.226 e. The van der Waals surface area contributed by atoms with Gasteiger partial charge in [-0.15, -0.1) is 0 Å². The Bertz CT molecular complexity index is 843. The lowest BCUT2D eigenvalue weighted by Gasteiger charge is -2.39. The van der Waals surface area contributed by atoms with Gasteiger partial charge in [-0.1, -0.05) is 0 Å². The van der Waals surface area contributed by atoms with Crippen LogP contribution in [0.4, 0.5) is 5.95 Å². The number of hydrogen-bond donors (Lipinski definition) is 0. The molecule has 4 heterocycles. The zero-order valence-corrected chi connectivity index (χ0v) is 13.4. The largest absolute Gasteiger partial charge is 0.336 e. The number of aryl methyl sites for hydroxylation is 3. The van der Waals surface area contributed by atoms with Gasteiger partial charge in [-0.3, -0.25) is 4.68 Å². The molecule has 1 aliphatic heterocycles. The van der Waals surface area contributed by atoms with Crippen LogP contribution in [-0.4, -0.2) is 47.6 Å². The van der Waals surface area contributed by atoms with Crippen LogP contribution < -0.4 is 4.90 Å². The van der Waals surface area contributed by atoms with Crippen LogP contribution in [0.15, 0.2) is 24.7 Å². The van der Waals surface area contributed by atoms with Crippen molar-refractivity contribution in [3.05, 3.63) is 36.0 Å². The maximum atomic E-state index is 4.62. The third-order valence-electron chi connectivity index (χ3n) is 4.12. The van der Waals surface area contributed by atoms with E-state index in [1.807, 2.05) is 20.0 Å². The van der Waals surface area contributed by atoms with Gasteiger partial charge in [0.2, 0.25) is 5.95 Å². The molecule has 0 bridgehead atoms. The Morgan fingerprint density at radius 1 is 1.17 bits per heavy atom. The molecule has 3 aromatic heterocycles. The smallest absolute Gasteiger partial charge is 0.226 e. The molecule has 0 amide bonds. The summed E-state index contributed by atoms with van der Waals surface area (Å²) in [5.41, 5.74) is 3.03. The third-order valence-corrected chi connectivity index (χ3v) is 4.12. The van der Waals surface area contributed by atoms with Gasteiger partial charge in [0.15, 0.2) is 5.82 Å². The zero-order chi connectivity index (χ0) is 16.0. The molecule has 4 rings (SSSR count). The lowest BCUT2D eigenvalue weighted by Crippen LogP contribution is -2.49. The van der Waals surface area contributed by atoms with Crippen molar-refractivity contribution in [1.82, 2.24) is 34.5 Å². The van der Waals surface area contributed by atoms with E-state index in [4.69, 9.17) is 0 Å². The molecule has 0 N–H and O–H groups in total. The molecule has 0 spiro atoms. The molecule has 0 saturated carbocycles. The van der Waals surface area contributed by atoms with Crippen LogP contribution in [0.2, 0.25) is 0 Å². The SMILES string of the molecule is Cc1cc(C)n(C2CN(c3nccc(-c4ncnn4C)n3)C2)n1. The summed E-state index contributed by atoms with van der Waals surface area (Å²) in [4.78, 5) is 15.4. The summed E-state index contributed by atoms with van der Waals surface area (Å²) in [5.74, 6) is 1.47. The molecule has 3 aromatic rings. The zero-order valence-electron chi connectivity index (χ0n) is 13.4. The highest BCUT2D eigenvalue weighted by Crippen LogP contribution is 2.27. The van der Waals surface area contributed by atoms with Crippen LogP contribution in [0, 0.1) is 13.8 Å². The number of anilines is 1. The average molecular weight is 310 g/mol. The minimum Gasteiger partial charge on any atom is -0.336 e. The van der Waals surface area contributed by atoms with E-state index in [2.05, 4.69) is 47.7 Å². The van der Waals surface area contributed by atoms with Crippen molar-refractivity contribution in [1.29, 1.82) is 0 Å². The van der Waals surface area contributed by atoms with E-state index in [1.165, 1.54) is 12.0 Å². The number of hydrogen-bond acceptors (Lipinski definition) is 6. The molecule has 0 unspecified atom stereocenters. The summed E-state index contributed by atoms with van der Waals surface area (Å²) < 4.78 is 3.80. The average Bonchev–Trinajstić information content (AvgIpc) is 3.04. The fraction of sp³-hybridized carbons (Fsp3) is 0.400. The number of aromatic nitrogens is 7. The van der Waals surface area contributed by atoms with Crippen molar-refractivity contribution in [2.75, 3.05) is 18.0 Å². The lowest BCUT2D eigenvalue weighted by atomic mass is 10.1. The predicted octanol–water partition coefficient (Wildman–Crippen LogP) is 1.15. The Labute approximate surface area is 133 Å². The van der Waals surface area contributed by atoms with E-state index in [0.29, 0.717) is 6.04 Å². The molecule has 1 aliphatic rings. The first-order valence-electron chi connectivity index (χ1n) is 7.57. The normalized spacial score (nSPS) is 15.0. The van der Waals surface area contributed by atoms with Crippen LogP contribution in [0.1, 0.15) is 17.4 Å². The molecular formula is C15H18N8. The first-order valence-corrected chi connectivity index (χ1v) is 7.57. The molecule has 23 heavy (non-hydrogen) atoms.